The zero-order valence-corrected chi connectivity index (χ0v) is 17.6. The largest absolute Gasteiger partial charge is 0.351 e. The van der Waals surface area contributed by atoms with Gasteiger partial charge in [0.05, 0.1) is 11.4 Å². The normalized spacial score (nSPS) is 11.2. The average Bonchev–Trinajstić information content (AvgIpc) is 2.68. The third kappa shape index (κ3) is 6.29. The van der Waals surface area contributed by atoms with Gasteiger partial charge in [0.25, 0.3) is 5.91 Å². The van der Waals surface area contributed by atoms with Crippen LogP contribution in [0.25, 0.3) is 0 Å². The van der Waals surface area contributed by atoms with Gasteiger partial charge in [0.2, 0.25) is 10.0 Å². The number of carbonyl (C=O) groups is 1. The summed E-state index contributed by atoms with van der Waals surface area (Å²) in [5.41, 5.74) is 3.59. The lowest BCUT2D eigenvalue weighted by Crippen LogP contribution is -2.28. The van der Waals surface area contributed by atoms with Crippen LogP contribution in [0.2, 0.25) is 0 Å². The highest BCUT2D eigenvalue weighted by Crippen LogP contribution is 2.17. The number of benzene rings is 2. The molecule has 0 aliphatic rings. The first-order chi connectivity index (χ1) is 12.8. The summed E-state index contributed by atoms with van der Waals surface area (Å²) >= 11 is 1.77. The van der Waals surface area contributed by atoms with Crippen molar-refractivity contribution in [3.8, 4) is 0 Å². The molecule has 0 saturated carbocycles. The Kier molecular flexibility index (Phi) is 7.74. The molecule has 0 saturated heterocycles. The Balaban J connectivity index is 1.78. The van der Waals surface area contributed by atoms with E-state index in [0.29, 0.717) is 17.8 Å². The van der Waals surface area contributed by atoms with E-state index in [1.165, 1.54) is 22.5 Å². The molecular weight excluding hydrogens is 380 g/mol. The molecule has 0 unspecified atom stereocenters. The van der Waals surface area contributed by atoms with Crippen LogP contribution >= 0.6 is 11.8 Å². The second kappa shape index (κ2) is 9.80. The van der Waals surface area contributed by atoms with Gasteiger partial charge in [-0.3, -0.25) is 9.10 Å². The molecule has 7 heteroatoms. The zero-order valence-electron chi connectivity index (χ0n) is 15.9. The number of hydrogen-bond acceptors (Lipinski definition) is 4. The number of aryl methyl sites for hydroxylation is 1. The van der Waals surface area contributed by atoms with Crippen LogP contribution in [0, 0.1) is 6.92 Å². The zero-order chi connectivity index (χ0) is 19.9. The number of carbonyl (C=O) groups excluding carboxylic acids is 1. The molecule has 0 radical (unpaired) electrons. The Morgan fingerprint density at radius 2 is 1.70 bits per heavy atom. The highest BCUT2D eigenvalue weighted by molar-refractivity contribution is 7.98. The number of rotatable bonds is 9. The van der Waals surface area contributed by atoms with Crippen LogP contribution in [0.3, 0.4) is 0 Å². The van der Waals surface area contributed by atoms with Gasteiger partial charge in [-0.1, -0.05) is 29.8 Å². The predicted octanol–water partition coefficient (Wildman–Crippen LogP) is 3.44. The topological polar surface area (TPSA) is 66.5 Å². The van der Waals surface area contributed by atoms with E-state index in [1.807, 2.05) is 0 Å². The highest BCUT2D eigenvalue weighted by Gasteiger charge is 2.16. The molecule has 0 aliphatic carbocycles. The van der Waals surface area contributed by atoms with Crippen molar-refractivity contribution in [1.82, 2.24) is 5.32 Å². The summed E-state index contributed by atoms with van der Waals surface area (Å²) in [4.78, 5) is 12.2. The summed E-state index contributed by atoms with van der Waals surface area (Å²) in [6.07, 6.45) is 0. The number of amides is 1. The van der Waals surface area contributed by atoms with Crippen LogP contribution < -0.4 is 9.62 Å². The van der Waals surface area contributed by atoms with E-state index in [1.54, 1.807) is 43.0 Å². The van der Waals surface area contributed by atoms with E-state index in [4.69, 9.17) is 0 Å². The van der Waals surface area contributed by atoms with E-state index in [9.17, 15) is 13.2 Å². The van der Waals surface area contributed by atoms with Gasteiger partial charge in [0.15, 0.2) is 0 Å². The highest BCUT2D eigenvalue weighted by atomic mass is 32.2. The Labute approximate surface area is 166 Å². The number of anilines is 1. The van der Waals surface area contributed by atoms with Gasteiger partial charge in [0, 0.05) is 30.7 Å². The molecule has 146 valence electrons. The minimum atomic E-state index is -3.30. The number of hydrogen-bond donors (Lipinski definition) is 1. The van der Waals surface area contributed by atoms with Crippen LogP contribution in [-0.2, 0) is 15.8 Å². The van der Waals surface area contributed by atoms with E-state index < -0.39 is 10.0 Å². The maximum absolute atomic E-state index is 12.2. The fourth-order valence-corrected chi connectivity index (χ4v) is 4.04. The van der Waals surface area contributed by atoms with Crippen molar-refractivity contribution in [2.24, 2.45) is 0 Å². The lowest BCUT2D eigenvalue weighted by molar-refractivity contribution is 0.0956. The molecule has 0 spiro atoms. The second-order valence-electron chi connectivity index (χ2n) is 6.21. The van der Waals surface area contributed by atoms with Crippen molar-refractivity contribution < 1.29 is 13.2 Å². The number of nitrogens with one attached hydrogen (secondary N) is 1. The van der Waals surface area contributed by atoms with Gasteiger partial charge >= 0.3 is 0 Å². The van der Waals surface area contributed by atoms with Gasteiger partial charge in [-0.15, -0.1) is 0 Å². The minimum Gasteiger partial charge on any atom is -0.351 e. The summed E-state index contributed by atoms with van der Waals surface area (Å²) in [5.74, 6) is 1.63. The van der Waals surface area contributed by atoms with Crippen LogP contribution in [0.4, 0.5) is 5.69 Å². The average molecular weight is 407 g/mol. The van der Waals surface area contributed by atoms with Crippen molar-refractivity contribution >= 4 is 33.4 Å². The van der Waals surface area contributed by atoms with Crippen LogP contribution in [0.1, 0.15) is 28.4 Å². The lowest BCUT2D eigenvalue weighted by atomic mass is 10.2. The molecule has 2 aromatic rings. The Bertz CT molecular complexity index is 848. The van der Waals surface area contributed by atoms with Gasteiger partial charge in [-0.25, -0.2) is 8.42 Å². The van der Waals surface area contributed by atoms with Crippen LogP contribution in [0.15, 0.2) is 48.5 Å². The quantitative estimate of drug-likeness (QED) is 0.648. The monoisotopic (exact) mass is 406 g/mol. The summed E-state index contributed by atoms with van der Waals surface area (Å²) < 4.78 is 25.0. The number of thioether (sulfide) groups is 1. The lowest BCUT2D eigenvalue weighted by Gasteiger charge is -2.18. The molecule has 0 bridgehead atoms. The first kappa shape index (κ1) is 21.3. The smallest absolute Gasteiger partial charge is 0.251 e. The maximum Gasteiger partial charge on any atom is 0.251 e. The van der Waals surface area contributed by atoms with Crippen LogP contribution in [0.5, 0.6) is 0 Å². The van der Waals surface area contributed by atoms with Gasteiger partial charge in [-0.05, 0) is 43.7 Å². The summed E-state index contributed by atoms with van der Waals surface area (Å²) in [5, 5.41) is 2.89. The first-order valence-corrected chi connectivity index (χ1v) is 11.6. The number of nitrogens with zero attached hydrogens (tertiary/aromatic N) is 1. The predicted molar refractivity (Wildman–Crippen MR) is 114 cm³/mol. The molecule has 27 heavy (non-hydrogen) atoms. The third-order valence-electron chi connectivity index (χ3n) is 4.20. The maximum atomic E-state index is 12.2. The summed E-state index contributed by atoms with van der Waals surface area (Å²) in [7, 11) is -1.79. The standard InChI is InChI=1S/C20H26N2O3S2/c1-4-27(24,25)22(3)19-11-9-18(10-12-19)20(23)21-13-14-26-15-17-7-5-16(2)6-8-17/h5-12H,4,13-15H2,1-3H3,(H,21,23). The molecule has 0 aliphatic heterocycles. The van der Waals surface area contributed by atoms with Crippen molar-refractivity contribution in [3.63, 3.8) is 0 Å². The summed E-state index contributed by atoms with van der Waals surface area (Å²) in [6, 6.07) is 15.0. The van der Waals surface area contributed by atoms with Crippen molar-refractivity contribution in [2.75, 3.05) is 29.4 Å². The SMILES string of the molecule is CCS(=O)(=O)N(C)c1ccc(C(=O)NCCSCc2ccc(C)cc2)cc1. The fraction of sp³-hybridized carbons (Fsp3) is 0.350. The van der Waals surface area contributed by atoms with Gasteiger partial charge in [-0.2, -0.15) is 11.8 Å². The Hall–Kier alpha value is -1.99. The third-order valence-corrected chi connectivity index (χ3v) is 7.00. The molecule has 2 aromatic carbocycles. The van der Waals surface area contributed by atoms with Gasteiger partial charge in [0.1, 0.15) is 0 Å². The Morgan fingerprint density at radius 1 is 1.07 bits per heavy atom. The molecule has 1 N–H and O–H groups in total. The number of sulfonamides is 1. The molecule has 5 nitrogen and oxygen atoms in total. The van der Waals surface area contributed by atoms with Crippen molar-refractivity contribution in [3.05, 3.63) is 65.2 Å². The van der Waals surface area contributed by atoms with Gasteiger partial charge < -0.3 is 5.32 Å². The van der Waals surface area contributed by atoms with Crippen molar-refractivity contribution in [2.45, 2.75) is 19.6 Å². The first-order valence-electron chi connectivity index (χ1n) is 8.81. The molecule has 0 atom stereocenters. The Morgan fingerprint density at radius 3 is 2.30 bits per heavy atom. The van der Waals surface area contributed by atoms with E-state index in [2.05, 4.69) is 36.5 Å². The molecule has 0 aromatic heterocycles. The van der Waals surface area contributed by atoms with E-state index >= 15 is 0 Å². The molecule has 1 amide bonds. The van der Waals surface area contributed by atoms with Crippen LogP contribution in [-0.4, -0.2) is 39.4 Å². The molecular formula is C20H26N2O3S2. The molecule has 2 rings (SSSR count). The van der Waals surface area contributed by atoms with E-state index in [-0.39, 0.29) is 11.7 Å². The summed E-state index contributed by atoms with van der Waals surface area (Å²) in [6.45, 7) is 4.26. The second-order valence-corrected chi connectivity index (χ2v) is 9.60. The molecule has 0 heterocycles. The molecule has 0 fully saturated rings. The van der Waals surface area contributed by atoms with E-state index in [0.717, 1.165) is 11.5 Å². The van der Waals surface area contributed by atoms with Crippen molar-refractivity contribution in [1.29, 1.82) is 0 Å². The minimum absolute atomic E-state index is 0.0337. The fourth-order valence-electron chi connectivity index (χ4n) is 2.39.